The van der Waals surface area contributed by atoms with Gasteiger partial charge < -0.3 is 10.2 Å². The van der Waals surface area contributed by atoms with Gasteiger partial charge in [-0.1, -0.05) is 6.07 Å². The predicted octanol–water partition coefficient (Wildman–Crippen LogP) is 2.58. The van der Waals surface area contributed by atoms with E-state index in [-0.39, 0.29) is 6.03 Å². The summed E-state index contributed by atoms with van der Waals surface area (Å²) in [5, 5.41) is 11.6. The van der Waals surface area contributed by atoms with E-state index in [9.17, 15) is 4.79 Å². The summed E-state index contributed by atoms with van der Waals surface area (Å²) in [6.07, 6.45) is 3.35. The van der Waals surface area contributed by atoms with Crippen LogP contribution in [-0.4, -0.2) is 24.0 Å². The summed E-state index contributed by atoms with van der Waals surface area (Å²) in [5.74, 6) is 0. The molecule has 2 rings (SSSR count). The number of rotatable bonds is 1. The second kappa shape index (κ2) is 5.35. The molecule has 0 aromatic heterocycles. The number of hydrogen-bond acceptors (Lipinski definition) is 2. The van der Waals surface area contributed by atoms with E-state index in [1.54, 1.807) is 24.3 Å². The molecule has 88 valence electrons. The number of amides is 2. The summed E-state index contributed by atoms with van der Waals surface area (Å²) >= 11 is 0. The maximum atomic E-state index is 11.9. The van der Waals surface area contributed by atoms with Gasteiger partial charge in [-0.05, 0) is 37.5 Å². The highest BCUT2D eigenvalue weighted by Gasteiger charge is 2.16. The Morgan fingerprint density at radius 1 is 1.29 bits per heavy atom. The summed E-state index contributed by atoms with van der Waals surface area (Å²) in [4.78, 5) is 13.7. The van der Waals surface area contributed by atoms with Gasteiger partial charge in [-0.15, -0.1) is 0 Å². The molecular formula is C13H15N3O. The molecule has 0 spiro atoms. The minimum Gasteiger partial charge on any atom is -0.325 e. The molecule has 1 aliphatic rings. The Bertz CT molecular complexity index is 444. The SMILES string of the molecule is N#Cc1cccc(NC(=O)N2CCCCC2)c1. The van der Waals surface area contributed by atoms with Gasteiger partial charge in [0.15, 0.2) is 0 Å². The lowest BCUT2D eigenvalue weighted by atomic mass is 10.1. The predicted molar refractivity (Wildman–Crippen MR) is 65.6 cm³/mol. The molecule has 1 saturated heterocycles. The van der Waals surface area contributed by atoms with Crippen molar-refractivity contribution in [3.05, 3.63) is 29.8 Å². The molecular weight excluding hydrogens is 214 g/mol. The fourth-order valence-electron chi connectivity index (χ4n) is 1.97. The Labute approximate surface area is 101 Å². The smallest absolute Gasteiger partial charge is 0.321 e. The van der Waals surface area contributed by atoms with Gasteiger partial charge in [0.2, 0.25) is 0 Å². The van der Waals surface area contributed by atoms with E-state index in [1.165, 1.54) is 6.42 Å². The van der Waals surface area contributed by atoms with E-state index in [2.05, 4.69) is 11.4 Å². The van der Waals surface area contributed by atoms with Gasteiger partial charge in [0.25, 0.3) is 0 Å². The average molecular weight is 229 g/mol. The molecule has 17 heavy (non-hydrogen) atoms. The van der Waals surface area contributed by atoms with Gasteiger partial charge in [0.1, 0.15) is 0 Å². The first-order valence-electron chi connectivity index (χ1n) is 5.86. The number of nitrogens with one attached hydrogen (secondary N) is 1. The number of piperidine rings is 1. The number of anilines is 1. The fourth-order valence-corrected chi connectivity index (χ4v) is 1.97. The van der Waals surface area contributed by atoms with E-state index < -0.39 is 0 Å². The Hall–Kier alpha value is -2.02. The number of carbonyl (C=O) groups excluding carboxylic acids is 1. The highest BCUT2D eigenvalue weighted by atomic mass is 16.2. The second-order valence-electron chi connectivity index (χ2n) is 4.17. The first-order valence-corrected chi connectivity index (χ1v) is 5.86. The third-order valence-electron chi connectivity index (χ3n) is 2.89. The largest absolute Gasteiger partial charge is 0.325 e. The van der Waals surface area contributed by atoms with Crippen LogP contribution in [0.15, 0.2) is 24.3 Å². The summed E-state index contributed by atoms with van der Waals surface area (Å²) in [6.45, 7) is 1.65. The van der Waals surface area contributed by atoms with Crippen LogP contribution < -0.4 is 5.32 Å². The molecule has 4 heteroatoms. The Morgan fingerprint density at radius 2 is 2.06 bits per heavy atom. The Balaban J connectivity index is 1.99. The molecule has 1 aromatic carbocycles. The molecule has 2 amide bonds. The molecule has 1 fully saturated rings. The van der Waals surface area contributed by atoms with Gasteiger partial charge in [-0.3, -0.25) is 0 Å². The Morgan fingerprint density at radius 3 is 2.76 bits per heavy atom. The van der Waals surface area contributed by atoms with Crippen LogP contribution in [0.2, 0.25) is 0 Å². The zero-order valence-corrected chi connectivity index (χ0v) is 9.65. The molecule has 0 unspecified atom stereocenters. The van der Waals surface area contributed by atoms with Crippen LogP contribution >= 0.6 is 0 Å². The maximum Gasteiger partial charge on any atom is 0.321 e. The minimum absolute atomic E-state index is 0.0696. The van der Waals surface area contributed by atoms with Gasteiger partial charge >= 0.3 is 6.03 Å². The van der Waals surface area contributed by atoms with E-state index >= 15 is 0 Å². The van der Waals surface area contributed by atoms with Crippen LogP contribution in [0.5, 0.6) is 0 Å². The topological polar surface area (TPSA) is 56.1 Å². The van der Waals surface area contributed by atoms with Crippen molar-refractivity contribution in [2.75, 3.05) is 18.4 Å². The molecule has 1 N–H and O–H groups in total. The van der Waals surface area contributed by atoms with Gasteiger partial charge in [-0.25, -0.2) is 4.79 Å². The fraction of sp³-hybridized carbons (Fsp3) is 0.385. The van der Waals surface area contributed by atoms with Crippen molar-refractivity contribution in [1.29, 1.82) is 5.26 Å². The summed E-state index contributed by atoms with van der Waals surface area (Å²) in [5.41, 5.74) is 1.24. The number of benzene rings is 1. The number of nitriles is 1. The highest BCUT2D eigenvalue weighted by Crippen LogP contribution is 2.13. The number of likely N-dealkylation sites (tertiary alicyclic amines) is 1. The lowest BCUT2D eigenvalue weighted by Gasteiger charge is -2.26. The number of nitrogens with zero attached hydrogens (tertiary/aromatic N) is 2. The lowest BCUT2D eigenvalue weighted by molar-refractivity contribution is 0.200. The molecule has 0 bridgehead atoms. The van der Waals surface area contributed by atoms with Gasteiger partial charge in [-0.2, -0.15) is 5.26 Å². The Kier molecular flexibility index (Phi) is 3.61. The number of urea groups is 1. The standard InChI is InChI=1S/C13H15N3O/c14-10-11-5-4-6-12(9-11)15-13(17)16-7-2-1-3-8-16/h4-6,9H,1-3,7-8H2,(H,15,17). The molecule has 0 radical (unpaired) electrons. The molecule has 0 saturated carbocycles. The van der Waals surface area contributed by atoms with Crippen molar-refractivity contribution >= 4 is 11.7 Å². The lowest BCUT2D eigenvalue weighted by Crippen LogP contribution is -2.38. The molecule has 1 aliphatic heterocycles. The van der Waals surface area contributed by atoms with Crippen LogP contribution in [0, 0.1) is 11.3 Å². The molecule has 4 nitrogen and oxygen atoms in total. The van der Waals surface area contributed by atoms with E-state index in [1.807, 2.05) is 4.90 Å². The minimum atomic E-state index is -0.0696. The molecule has 1 heterocycles. The van der Waals surface area contributed by atoms with Crippen LogP contribution in [0.4, 0.5) is 10.5 Å². The van der Waals surface area contributed by atoms with Crippen molar-refractivity contribution in [2.24, 2.45) is 0 Å². The summed E-state index contributed by atoms with van der Waals surface area (Å²) in [7, 11) is 0. The van der Waals surface area contributed by atoms with Crippen LogP contribution in [0.25, 0.3) is 0 Å². The molecule has 0 atom stereocenters. The van der Waals surface area contributed by atoms with E-state index in [4.69, 9.17) is 5.26 Å². The van der Waals surface area contributed by atoms with Crippen molar-refractivity contribution in [1.82, 2.24) is 4.90 Å². The zero-order valence-electron chi connectivity index (χ0n) is 9.65. The number of hydrogen-bond donors (Lipinski definition) is 1. The second-order valence-corrected chi connectivity index (χ2v) is 4.17. The summed E-state index contributed by atoms with van der Waals surface area (Å²) < 4.78 is 0. The van der Waals surface area contributed by atoms with Crippen molar-refractivity contribution in [2.45, 2.75) is 19.3 Å². The first kappa shape index (κ1) is 11.5. The van der Waals surface area contributed by atoms with E-state index in [0.717, 1.165) is 25.9 Å². The average Bonchev–Trinajstić information content (AvgIpc) is 2.40. The van der Waals surface area contributed by atoms with Crippen LogP contribution in [0.3, 0.4) is 0 Å². The van der Waals surface area contributed by atoms with Crippen LogP contribution in [0.1, 0.15) is 24.8 Å². The normalized spacial score (nSPS) is 15.1. The van der Waals surface area contributed by atoms with Crippen molar-refractivity contribution in [3.8, 4) is 6.07 Å². The van der Waals surface area contributed by atoms with Crippen molar-refractivity contribution in [3.63, 3.8) is 0 Å². The third-order valence-corrected chi connectivity index (χ3v) is 2.89. The molecule has 1 aromatic rings. The third kappa shape index (κ3) is 2.97. The van der Waals surface area contributed by atoms with Crippen molar-refractivity contribution < 1.29 is 4.79 Å². The van der Waals surface area contributed by atoms with E-state index in [0.29, 0.717) is 11.3 Å². The van der Waals surface area contributed by atoms with Gasteiger partial charge in [0, 0.05) is 18.8 Å². The highest BCUT2D eigenvalue weighted by molar-refractivity contribution is 5.89. The molecule has 0 aliphatic carbocycles. The monoisotopic (exact) mass is 229 g/mol. The zero-order chi connectivity index (χ0) is 12.1. The maximum absolute atomic E-state index is 11.9. The quantitative estimate of drug-likeness (QED) is 0.804. The van der Waals surface area contributed by atoms with Gasteiger partial charge in [0.05, 0.1) is 11.6 Å². The number of carbonyl (C=O) groups is 1. The van der Waals surface area contributed by atoms with Crippen LogP contribution in [-0.2, 0) is 0 Å². The first-order chi connectivity index (χ1) is 8.29. The summed E-state index contributed by atoms with van der Waals surface area (Å²) in [6, 6.07) is 8.95.